The number of nitrogens with one attached hydrogen (secondary N) is 1. The Morgan fingerprint density at radius 2 is 1.44 bits per heavy atom. The van der Waals surface area contributed by atoms with Crippen molar-refractivity contribution in [2.24, 2.45) is 0 Å². The summed E-state index contributed by atoms with van der Waals surface area (Å²) in [5, 5.41) is 0. The van der Waals surface area contributed by atoms with Crippen molar-refractivity contribution < 1.29 is 12.7 Å². The first-order valence-electron chi connectivity index (χ1n) is 5.44. The molecular formula is C13H13NO3S. The van der Waals surface area contributed by atoms with E-state index in [1.165, 1.54) is 12.1 Å². The fraction of sp³-hybridized carbons (Fsp3) is 0.0769. The first-order chi connectivity index (χ1) is 8.68. The molecule has 2 aromatic carbocycles. The molecule has 0 saturated heterocycles. The first kappa shape index (κ1) is 12.8. The van der Waals surface area contributed by atoms with E-state index in [1.54, 1.807) is 18.2 Å². The quantitative estimate of drug-likeness (QED) is 0.839. The van der Waals surface area contributed by atoms with Crippen molar-refractivity contribution in [3.05, 3.63) is 66.2 Å². The van der Waals surface area contributed by atoms with Gasteiger partial charge in [-0.05, 0) is 17.7 Å². The predicted molar refractivity (Wildman–Crippen MR) is 68.0 cm³/mol. The Labute approximate surface area is 106 Å². The zero-order chi connectivity index (χ0) is 12.8. The number of hydrogen-bond acceptors (Lipinski definition) is 4. The Kier molecular flexibility index (Phi) is 4.09. The first-order valence-corrected chi connectivity index (χ1v) is 6.84. The van der Waals surface area contributed by atoms with Crippen LogP contribution in [0.15, 0.2) is 65.6 Å². The van der Waals surface area contributed by atoms with E-state index in [2.05, 4.69) is 5.48 Å². The molecule has 18 heavy (non-hydrogen) atoms. The van der Waals surface area contributed by atoms with Crippen LogP contribution in [0.1, 0.15) is 5.56 Å². The van der Waals surface area contributed by atoms with E-state index < -0.39 is 10.1 Å². The van der Waals surface area contributed by atoms with Crippen molar-refractivity contribution in [2.45, 2.75) is 11.4 Å². The molecule has 0 bridgehead atoms. The molecule has 0 aromatic heterocycles. The molecule has 0 saturated carbocycles. The molecule has 1 N–H and O–H groups in total. The highest BCUT2D eigenvalue weighted by molar-refractivity contribution is 7.86. The van der Waals surface area contributed by atoms with Crippen molar-refractivity contribution in [3.8, 4) is 0 Å². The SMILES string of the molecule is O=S(=O)(ONCc1ccccc1)c1ccccc1. The van der Waals surface area contributed by atoms with Crippen LogP contribution in [-0.2, 0) is 20.9 Å². The number of hydroxylamine groups is 1. The lowest BCUT2D eigenvalue weighted by atomic mass is 10.2. The normalized spacial score (nSPS) is 11.3. The zero-order valence-corrected chi connectivity index (χ0v) is 10.4. The van der Waals surface area contributed by atoms with Crippen LogP contribution >= 0.6 is 0 Å². The number of rotatable bonds is 5. The largest absolute Gasteiger partial charge is 0.312 e. The van der Waals surface area contributed by atoms with Gasteiger partial charge >= 0.3 is 10.1 Å². The van der Waals surface area contributed by atoms with Crippen LogP contribution in [0.4, 0.5) is 0 Å². The molecule has 4 nitrogen and oxygen atoms in total. The monoisotopic (exact) mass is 263 g/mol. The fourth-order valence-corrected chi connectivity index (χ4v) is 2.22. The van der Waals surface area contributed by atoms with Gasteiger partial charge in [0.05, 0.1) is 4.90 Å². The molecule has 0 radical (unpaired) electrons. The third-order valence-corrected chi connectivity index (χ3v) is 3.51. The summed E-state index contributed by atoms with van der Waals surface area (Å²) in [7, 11) is -3.74. The summed E-state index contributed by atoms with van der Waals surface area (Å²) >= 11 is 0. The lowest BCUT2D eigenvalue weighted by Crippen LogP contribution is -2.19. The van der Waals surface area contributed by atoms with Gasteiger partial charge in [-0.3, -0.25) is 0 Å². The summed E-state index contributed by atoms with van der Waals surface area (Å²) in [4.78, 5) is 0.130. The second-order valence-corrected chi connectivity index (χ2v) is 5.20. The van der Waals surface area contributed by atoms with E-state index >= 15 is 0 Å². The standard InChI is InChI=1S/C13H13NO3S/c15-18(16,13-9-5-2-6-10-13)17-14-11-12-7-3-1-4-8-12/h1-10,14H,11H2. The fourth-order valence-electron chi connectivity index (χ4n) is 1.42. The van der Waals surface area contributed by atoms with Crippen molar-refractivity contribution in [3.63, 3.8) is 0 Å². The van der Waals surface area contributed by atoms with Gasteiger partial charge in [-0.15, -0.1) is 0 Å². The van der Waals surface area contributed by atoms with Gasteiger partial charge in [0.2, 0.25) is 0 Å². The van der Waals surface area contributed by atoms with Crippen molar-refractivity contribution in [1.29, 1.82) is 0 Å². The maximum absolute atomic E-state index is 11.7. The number of hydrogen-bond donors (Lipinski definition) is 1. The molecule has 0 aliphatic carbocycles. The predicted octanol–water partition coefficient (Wildman–Crippen LogP) is 2.10. The molecule has 0 amide bonds. The minimum atomic E-state index is -3.74. The topological polar surface area (TPSA) is 55.4 Å². The highest BCUT2D eigenvalue weighted by atomic mass is 32.2. The molecule has 0 fully saturated rings. The summed E-state index contributed by atoms with van der Waals surface area (Å²) < 4.78 is 28.2. The van der Waals surface area contributed by atoms with Crippen LogP contribution in [-0.4, -0.2) is 8.42 Å². The van der Waals surface area contributed by atoms with Gasteiger partial charge in [0.1, 0.15) is 0 Å². The van der Waals surface area contributed by atoms with Crippen LogP contribution in [0.2, 0.25) is 0 Å². The molecule has 0 aliphatic rings. The summed E-state index contributed by atoms with van der Waals surface area (Å²) in [6.45, 7) is 0.326. The maximum Gasteiger partial charge on any atom is 0.312 e. The van der Waals surface area contributed by atoms with Gasteiger partial charge in [-0.1, -0.05) is 48.5 Å². The van der Waals surface area contributed by atoms with E-state index in [9.17, 15) is 8.42 Å². The van der Waals surface area contributed by atoms with Crippen LogP contribution in [0.5, 0.6) is 0 Å². The van der Waals surface area contributed by atoms with Gasteiger partial charge in [-0.25, -0.2) is 0 Å². The van der Waals surface area contributed by atoms with E-state index in [4.69, 9.17) is 4.28 Å². The van der Waals surface area contributed by atoms with Gasteiger partial charge in [0.25, 0.3) is 0 Å². The average Bonchev–Trinajstić information content (AvgIpc) is 2.41. The van der Waals surface area contributed by atoms with Crippen LogP contribution < -0.4 is 5.48 Å². The van der Waals surface area contributed by atoms with Gasteiger partial charge in [0.15, 0.2) is 0 Å². The Hall–Kier alpha value is -1.69. The summed E-state index contributed by atoms with van der Waals surface area (Å²) in [5.74, 6) is 0. The third-order valence-electron chi connectivity index (χ3n) is 2.32. The highest BCUT2D eigenvalue weighted by Gasteiger charge is 2.14. The van der Waals surface area contributed by atoms with Crippen LogP contribution in [0, 0.1) is 0 Å². The molecule has 2 rings (SSSR count). The molecule has 2 aromatic rings. The van der Waals surface area contributed by atoms with Gasteiger partial charge < -0.3 is 0 Å². The van der Waals surface area contributed by atoms with Crippen molar-refractivity contribution in [1.82, 2.24) is 5.48 Å². The molecule has 5 heteroatoms. The Morgan fingerprint density at radius 3 is 2.06 bits per heavy atom. The van der Waals surface area contributed by atoms with Crippen LogP contribution in [0.25, 0.3) is 0 Å². The molecule has 0 aliphatic heterocycles. The van der Waals surface area contributed by atoms with Gasteiger partial charge in [0, 0.05) is 6.54 Å². The zero-order valence-electron chi connectivity index (χ0n) is 9.61. The van der Waals surface area contributed by atoms with Crippen molar-refractivity contribution in [2.75, 3.05) is 0 Å². The third kappa shape index (κ3) is 3.40. The Bertz CT molecular complexity index is 582. The second-order valence-electron chi connectivity index (χ2n) is 3.66. The second kappa shape index (κ2) is 5.77. The highest BCUT2D eigenvalue weighted by Crippen LogP contribution is 2.10. The summed E-state index contributed by atoms with van der Waals surface area (Å²) in [6.07, 6.45) is 0. The number of benzene rings is 2. The molecule has 94 valence electrons. The van der Waals surface area contributed by atoms with Crippen molar-refractivity contribution >= 4 is 10.1 Å². The molecule has 0 heterocycles. The summed E-state index contributed by atoms with van der Waals surface area (Å²) in [5.41, 5.74) is 3.40. The van der Waals surface area contributed by atoms with E-state index in [1.807, 2.05) is 30.3 Å². The minimum Gasteiger partial charge on any atom is -0.192 e. The Balaban J connectivity index is 1.95. The van der Waals surface area contributed by atoms with E-state index in [0.717, 1.165) is 5.56 Å². The average molecular weight is 263 g/mol. The minimum absolute atomic E-state index is 0.130. The maximum atomic E-state index is 11.7. The van der Waals surface area contributed by atoms with E-state index in [-0.39, 0.29) is 4.90 Å². The lowest BCUT2D eigenvalue weighted by molar-refractivity contribution is 0.199. The summed E-state index contributed by atoms with van der Waals surface area (Å²) in [6, 6.07) is 17.4. The smallest absolute Gasteiger partial charge is 0.192 e. The lowest BCUT2D eigenvalue weighted by Gasteiger charge is -2.06. The molecule has 0 spiro atoms. The molecule has 0 unspecified atom stereocenters. The molecule has 0 atom stereocenters. The van der Waals surface area contributed by atoms with E-state index in [0.29, 0.717) is 6.54 Å². The Morgan fingerprint density at radius 1 is 0.889 bits per heavy atom. The molecular weight excluding hydrogens is 250 g/mol. The van der Waals surface area contributed by atoms with Gasteiger partial charge in [-0.2, -0.15) is 18.2 Å². The van der Waals surface area contributed by atoms with Crippen LogP contribution in [0.3, 0.4) is 0 Å².